The molecule has 2 atom stereocenters. The largest absolute Gasteiger partial charge is 0.456 e. The van der Waals surface area contributed by atoms with Crippen molar-refractivity contribution in [2.45, 2.75) is 31.9 Å². The molecule has 0 aromatic heterocycles. The van der Waals surface area contributed by atoms with Crippen LogP contribution in [0.2, 0.25) is 0 Å². The number of benzene rings is 3. The SMILES string of the molecule is CC(C)C[C@H](N)C(=O)Nc1ccc2c(c1)Oc1cc(NC(=O)N3CCOCC3)ccc1C21OC(=O)c2ccccc21. The second-order valence-electron chi connectivity index (χ2n) is 10.9. The normalized spacial score (nSPS) is 19.5. The maximum absolute atomic E-state index is 13.1. The van der Waals surface area contributed by atoms with Gasteiger partial charge in [0.15, 0.2) is 5.60 Å². The Morgan fingerprint density at radius 3 is 2.22 bits per heavy atom. The molecule has 41 heavy (non-hydrogen) atoms. The Morgan fingerprint density at radius 2 is 1.56 bits per heavy atom. The quantitative estimate of drug-likeness (QED) is 0.396. The van der Waals surface area contributed by atoms with E-state index in [4.69, 9.17) is 19.9 Å². The highest BCUT2D eigenvalue weighted by Gasteiger charge is 2.53. The van der Waals surface area contributed by atoms with Crippen molar-refractivity contribution in [2.24, 2.45) is 11.7 Å². The van der Waals surface area contributed by atoms with E-state index in [1.54, 1.807) is 47.4 Å². The molecule has 10 heteroatoms. The van der Waals surface area contributed by atoms with Crippen LogP contribution < -0.4 is 21.1 Å². The summed E-state index contributed by atoms with van der Waals surface area (Å²) < 4.78 is 17.9. The Morgan fingerprint density at radius 1 is 0.927 bits per heavy atom. The van der Waals surface area contributed by atoms with Crippen LogP contribution in [0, 0.1) is 5.92 Å². The summed E-state index contributed by atoms with van der Waals surface area (Å²) in [5.41, 5.74) is 8.27. The molecule has 3 aromatic carbocycles. The fourth-order valence-electron chi connectivity index (χ4n) is 5.65. The summed E-state index contributed by atoms with van der Waals surface area (Å²) in [5, 5.41) is 5.81. The number of esters is 1. The lowest BCUT2D eigenvalue weighted by atomic mass is 9.77. The van der Waals surface area contributed by atoms with Crippen LogP contribution in [-0.4, -0.2) is 55.2 Å². The van der Waals surface area contributed by atoms with Gasteiger partial charge in [-0.3, -0.25) is 4.79 Å². The Balaban J connectivity index is 1.39. The molecule has 4 N–H and O–H groups in total. The lowest BCUT2D eigenvalue weighted by molar-refractivity contribution is -0.117. The van der Waals surface area contributed by atoms with Crippen molar-refractivity contribution in [1.82, 2.24) is 4.90 Å². The van der Waals surface area contributed by atoms with E-state index in [9.17, 15) is 14.4 Å². The van der Waals surface area contributed by atoms with Gasteiger partial charge >= 0.3 is 12.0 Å². The van der Waals surface area contributed by atoms with Crippen molar-refractivity contribution in [2.75, 3.05) is 36.9 Å². The number of carbonyl (C=O) groups excluding carboxylic acids is 3. The second kappa shape index (κ2) is 10.5. The van der Waals surface area contributed by atoms with Gasteiger partial charge in [-0.25, -0.2) is 9.59 Å². The van der Waals surface area contributed by atoms with Crippen LogP contribution in [-0.2, 0) is 19.9 Å². The smallest absolute Gasteiger partial charge is 0.340 e. The minimum Gasteiger partial charge on any atom is -0.456 e. The van der Waals surface area contributed by atoms with E-state index in [0.29, 0.717) is 77.9 Å². The minimum absolute atomic E-state index is 0.237. The van der Waals surface area contributed by atoms with Crippen LogP contribution in [0.25, 0.3) is 0 Å². The van der Waals surface area contributed by atoms with E-state index in [2.05, 4.69) is 10.6 Å². The molecule has 1 saturated heterocycles. The number of nitrogens with one attached hydrogen (secondary N) is 2. The number of fused-ring (bicyclic) bond motifs is 6. The van der Waals surface area contributed by atoms with Gasteiger partial charge in [0.25, 0.3) is 0 Å². The first-order valence-electron chi connectivity index (χ1n) is 13.8. The number of carbonyl (C=O) groups is 3. The first-order chi connectivity index (χ1) is 19.8. The van der Waals surface area contributed by atoms with Gasteiger partial charge in [0, 0.05) is 53.3 Å². The van der Waals surface area contributed by atoms with Gasteiger partial charge in [-0.2, -0.15) is 0 Å². The molecular weight excluding hydrogens is 524 g/mol. The minimum atomic E-state index is -1.26. The van der Waals surface area contributed by atoms with Crippen LogP contribution in [0.5, 0.6) is 11.5 Å². The fraction of sp³-hybridized carbons (Fsp3) is 0.323. The van der Waals surface area contributed by atoms with E-state index in [1.165, 1.54) is 0 Å². The Bertz CT molecular complexity index is 1530. The first-order valence-corrected chi connectivity index (χ1v) is 13.8. The third-order valence-corrected chi connectivity index (χ3v) is 7.59. The zero-order valence-corrected chi connectivity index (χ0v) is 22.9. The molecule has 3 aliphatic heterocycles. The van der Waals surface area contributed by atoms with Crippen LogP contribution in [0.15, 0.2) is 60.7 Å². The van der Waals surface area contributed by atoms with Gasteiger partial charge in [0.1, 0.15) is 11.5 Å². The number of hydrogen-bond donors (Lipinski definition) is 3. The molecule has 3 aliphatic rings. The predicted octanol–water partition coefficient (Wildman–Crippen LogP) is 4.43. The van der Waals surface area contributed by atoms with Gasteiger partial charge in [-0.05, 0) is 42.7 Å². The van der Waals surface area contributed by atoms with Gasteiger partial charge in [-0.15, -0.1) is 0 Å². The number of amides is 3. The van der Waals surface area contributed by atoms with Crippen molar-refractivity contribution in [3.63, 3.8) is 0 Å². The van der Waals surface area contributed by atoms with Gasteiger partial charge in [0.05, 0.1) is 24.8 Å². The first kappa shape index (κ1) is 26.8. The molecular formula is C31H32N4O6. The maximum Gasteiger partial charge on any atom is 0.340 e. The van der Waals surface area contributed by atoms with Crippen LogP contribution in [0.1, 0.15) is 47.3 Å². The second-order valence-corrected chi connectivity index (χ2v) is 10.9. The molecule has 6 rings (SSSR count). The molecule has 3 aromatic rings. The molecule has 1 fully saturated rings. The number of nitrogens with two attached hydrogens (primary N) is 1. The summed E-state index contributed by atoms with van der Waals surface area (Å²) in [6.07, 6.45) is 0.551. The zero-order chi connectivity index (χ0) is 28.7. The standard InChI is InChI=1S/C31H32N4O6/c1-18(2)15-25(32)28(36)33-19-7-9-23-26(16-19)40-27-17-20(34-30(38)35-11-13-39-14-12-35)8-10-24(27)31(23)22-6-4-3-5-21(22)29(37)41-31/h3-10,16-18,25H,11-15,32H2,1-2H3,(H,33,36)(H,34,38)/t25-,31?/m0/s1. The number of morpholine rings is 1. The van der Waals surface area contributed by atoms with E-state index in [1.807, 2.05) is 32.0 Å². The molecule has 0 saturated carbocycles. The zero-order valence-electron chi connectivity index (χ0n) is 22.9. The lowest BCUT2D eigenvalue weighted by Gasteiger charge is -2.37. The molecule has 0 radical (unpaired) electrons. The molecule has 1 unspecified atom stereocenters. The molecule has 212 valence electrons. The third-order valence-electron chi connectivity index (χ3n) is 7.59. The number of urea groups is 1. The van der Waals surface area contributed by atoms with Crippen molar-refractivity contribution >= 4 is 29.3 Å². The Kier molecular flexibility index (Phi) is 6.88. The van der Waals surface area contributed by atoms with E-state index in [-0.39, 0.29) is 17.9 Å². The van der Waals surface area contributed by atoms with Crippen molar-refractivity contribution in [3.05, 3.63) is 82.9 Å². The average Bonchev–Trinajstić information content (AvgIpc) is 3.25. The van der Waals surface area contributed by atoms with Gasteiger partial charge in [-0.1, -0.05) is 32.0 Å². The third kappa shape index (κ3) is 4.79. The number of nitrogens with zero attached hydrogens (tertiary/aromatic N) is 1. The maximum atomic E-state index is 13.1. The fourth-order valence-corrected chi connectivity index (χ4v) is 5.65. The average molecular weight is 557 g/mol. The van der Waals surface area contributed by atoms with Crippen LogP contribution in [0.4, 0.5) is 16.2 Å². The van der Waals surface area contributed by atoms with Crippen LogP contribution in [0.3, 0.4) is 0 Å². The summed E-state index contributed by atoms with van der Waals surface area (Å²) in [7, 11) is 0. The predicted molar refractivity (Wildman–Crippen MR) is 152 cm³/mol. The monoisotopic (exact) mass is 556 g/mol. The molecule has 10 nitrogen and oxygen atoms in total. The molecule has 0 bridgehead atoms. The van der Waals surface area contributed by atoms with Crippen molar-refractivity contribution in [3.8, 4) is 11.5 Å². The molecule has 1 spiro atoms. The Hall–Kier alpha value is -4.41. The van der Waals surface area contributed by atoms with E-state index < -0.39 is 17.6 Å². The van der Waals surface area contributed by atoms with Gasteiger partial charge < -0.3 is 35.5 Å². The topological polar surface area (TPSA) is 132 Å². The van der Waals surface area contributed by atoms with Crippen molar-refractivity contribution < 1.29 is 28.6 Å². The van der Waals surface area contributed by atoms with Gasteiger partial charge in [0.2, 0.25) is 5.91 Å². The summed E-state index contributed by atoms with van der Waals surface area (Å²) in [6, 6.07) is 16.9. The number of ether oxygens (including phenoxy) is 3. The highest BCUT2D eigenvalue weighted by molar-refractivity contribution is 5.98. The van der Waals surface area contributed by atoms with Crippen LogP contribution >= 0.6 is 0 Å². The number of anilines is 2. The highest BCUT2D eigenvalue weighted by Crippen LogP contribution is 2.56. The summed E-state index contributed by atoms with van der Waals surface area (Å²) in [5.74, 6) is 0.362. The van der Waals surface area contributed by atoms with E-state index in [0.717, 1.165) is 0 Å². The summed E-state index contributed by atoms with van der Waals surface area (Å²) >= 11 is 0. The summed E-state index contributed by atoms with van der Waals surface area (Å²) in [6.45, 7) is 6.01. The Labute approximate surface area is 237 Å². The summed E-state index contributed by atoms with van der Waals surface area (Å²) in [4.78, 5) is 40.4. The molecule has 3 amide bonds. The highest BCUT2D eigenvalue weighted by atomic mass is 16.6. The van der Waals surface area contributed by atoms with E-state index >= 15 is 0 Å². The lowest BCUT2D eigenvalue weighted by Crippen LogP contribution is -2.43. The molecule has 0 aliphatic carbocycles. The van der Waals surface area contributed by atoms with Crippen molar-refractivity contribution in [1.29, 1.82) is 0 Å². The number of hydrogen-bond acceptors (Lipinski definition) is 7. The number of rotatable bonds is 5. The molecule has 3 heterocycles.